The van der Waals surface area contributed by atoms with Crippen molar-refractivity contribution in [3.63, 3.8) is 0 Å². The van der Waals surface area contributed by atoms with Crippen molar-refractivity contribution in [1.82, 2.24) is 24.7 Å². The number of fused-ring (bicyclic) bond motifs is 1. The largest absolute Gasteiger partial charge is 0.355 e. The van der Waals surface area contributed by atoms with E-state index in [1.165, 1.54) is 6.33 Å². The maximum atomic E-state index is 12.6. The molecule has 0 bridgehead atoms. The summed E-state index contributed by atoms with van der Waals surface area (Å²) in [7, 11) is 0. The van der Waals surface area contributed by atoms with E-state index in [-0.39, 0.29) is 11.8 Å². The molecule has 0 atom stereocenters. The molecule has 1 aliphatic heterocycles. The second-order valence-corrected chi connectivity index (χ2v) is 7.93. The van der Waals surface area contributed by atoms with Gasteiger partial charge in [-0.1, -0.05) is 0 Å². The van der Waals surface area contributed by atoms with Gasteiger partial charge in [0, 0.05) is 37.2 Å². The first-order valence-electron chi connectivity index (χ1n) is 8.91. The third kappa shape index (κ3) is 3.09. The molecular weight excluding hydrogens is 374 g/mol. The van der Waals surface area contributed by atoms with Gasteiger partial charge in [0.15, 0.2) is 5.82 Å². The van der Waals surface area contributed by atoms with Crippen LogP contribution in [0.5, 0.6) is 0 Å². The molecule has 140 valence electrons. The van der Waals surface area contributed by atoms with Crippen molar-refractivity contribution in [2.45, 2.75) is 6.92 Å². The molecule has 1 N–H and O–H groups in total. The highest BCUT2D eigenvalue weighted by Gasteiger charge is 2.33. The van der Waals surface area contributed by atoms with Gasteiger partial charge in [-0.25, -0.2) is 19.6 Å². The summed E-state index contributed by atoms with van der Waals surface area (Å²) in [5.41, 5.74) is 1.70. The number of benzene rings is 1. The summed E-state index contributed by atoms with van der Waals surface area (Å²) in [6, 6.07) is 9.57. The molecule has 28 heavy (non-hydrogen) atoms. The van der Waals surface area contributed by atoms with Gasteiger partial charge in [0.1, 0.15) is 12.1 Å². The molecule has 4 aromatic rings. The van der Waals surface area contributed by atoms with E-state index in [1.807, 2.05) is 43.5 Å². The van der Waals surface area contributed by atoms with E-state index in [2.05, 4.69) is 30.3 Å². The van der Waals surface area contributed by atoms with E-state index < -0.39 is 0 Å². The molecule has 5 rings (SSSR count). The van der Waals surface area contributed by atoms with Crippen LogP contribution in [-0.2, 0) is 4.79 Å². The molecule has 4 heterocycles. The molecule has 8 nitrogen and oxygen atoms in total. The van der Waals surface area contributed by atoms with Gasteiger partial charge in [-0.15, -0.1) is 11.3 Å². The number of carbonyl (C=O) groups excluding carboxylic acids is 1. The van der Waals surface area contributed by atoms with Crippen molar-refractivity contribution in [2.24, 2.45) is 5.92 Å². The van der Waals surface area contributed by atoms with E-state index in [4.69, 9.17) is 0 Å². The Labute approximate surface area is 164 Å². The zero-order valence-corrected chi connectivity index (χ0v) is 15.9. The molecule has 1 aliphatic rings. The highest BCUT2D eigenvalue weighted by atomic mass is 32.1. The fraction of sp³-hybridized carbons (Fsp3) is 0.211. The zero-order chi connectivity index (χ0) is 19.1. The van der Waals surface area contributed by atoms with Crippen LogP contribution in [0, 0.1) is 12.8 Å². The molecule has 1 saturated heterocycles. The average molecular weight is 391 g/mol. The van der Waals surface area contributed by atoms with Gasteiger partial charge >= 0.3 is 0 Å². The molecule has 0 aliphatic carbocycles. The Morgan fingerprint density at radius 2 is 2.07 bits per heavy atom. The minimum atomic E-state index is -0.0732. The van der Waals surface area contributed by atoms with Crippen molar-refractivity contribution in [3.05, 3.63) is 54.1 Å². The van der Waals surface area contributed by atoms with Crippen molar-refractivity contribution in [3.8, 4) is 5.82 Å². The summed E-state index contributed by atoms with van der Waals surface area (Å²) < 4.78 is 2.81. The van der Waals surface area contributed by atoms with Crippen LogP contribution in [0.15, 0.2) is 49.1 Å². The lowest BCUT2D eigenvalue weighted by Gasteiger charge is -2.39. The Morgan fingerprint density at radius 3 is 2.89 bits per heavy atom. The minimum absolute atomic E-state index is 0.0175. The number of carbonyl (C=O) groups is 1. The van der Waals surface area contributed by atoms with Crippen LogP contribution in [-0.4, -0.2) is 43.7 Å². The average Bonchev–Trinajstić information content (AvgIpc) is 3.29. The summed E-state index contributed by atoms with van der Waals surface area (Å²) >= 11 is 1.65. The van der Waals surface area contributed by atoms with E-state index >= 15 is 0 Å². The summed E-state index contributed by atoms with van der Waals surface area (Å²) in [6.45, 7) is 3.23. The molecule has 1 amide bonds. The molecule has 0 radical (unpaired) electrons. The second-order valence-electron chi connectivity index (χ2n) is 6.69. The van der Waals surface area contributed by atoms with Crippen LogP contribution in [0.4, 0.5) is 11.5 Å². The highest BCUT2D eigenvalue weighted by molar-refractivity contribution is 7.18. The normalized spacial score (nSPS) is 14.2. The number of nitrogens with one attached hydrogen (secondary N) is 1. The first kappa shape index (κ1) is 16.8. The fourth-order valence-electron chi connectivity index (χ4n) is 3.24. The maximum Gasteiger partial charge on any atom is 0.231 e. The quantitative estimate of drug-likeness (QED) is 0.575. The van der Waals surface area contributed by atoms with Crippen molar-refractivity contribution in [1.29, 1.82) is 0 Å². The summed E-state index contributed by atoms with van der Waals surface area (Å²) in [5.74, 6) is 1.44. The lowest BCUT2D eigenvalue weighted by molar-refractivity contribution is -0.120. The second kappa shape index (κ2) is 6.68. The van der Waals surface area contributed by atoms with Crippen molar-refractivity contribution < 1.29 is 4.79 Å². The molecule has 0 saturated carbocycles. The third-order valence-electron chi connectivity index (χ3n) is 4.72. The zero-order valence-electron chi connectivity index (χ0n) is 15.1. The number of thiazole rings is 1. The van der Waals surface area contributed by atoms with Gasteiger partial charge in [0.2, 0.25) is 5.91 Å². The Bertz CT molecular complexity index is 1150. The Hall–Kier alpha value is -3.33. The number of hydrogen-bond donors (Lipinski definition) is 1. The molecule has 1 fully saturated rings. The first-order valence-corrected chi connectivity index (χ1v) is 9.72. The maximum absolute atomic E-state index is 12.6. The standard InChI is InChI=1S/C19H17N7OS/c1-12-23-15-7-14(3-4-16(15)28-12)24-19(27)13-9-25(10-13)17-8-18(21-11-20-17)26-6-2-5-22-26/h2-8,11,13H,9-10H2,1H3,(H,24,27). The number of anilines is 2. The van der Waals surface area contributed by atoms with Crippen LogP contribution in [0.25, 0.3) is 16.0 Å². The van der Waals surface area contributed by atoms with Gasteiger partial charge in [0.25, 0.3) is 0 Å². The van der Waals surface area contributed by atoms with Gasteiger partial charge in [-0.05, 0) is 31.2 Å². The van der Waals surface area contributed by atoms with Gasteiger partial charge in [-0.2, -0.15) is 5.10 Å². The molecule has 0 unspecified atom stereocenters. The third-order valence-corrected chi connectivity index (χ3v) is 5.67. The number of hydrogen-bond acceptors (Lipinski definition) is 7. The molecular formula is C19H17N7OS. The lowest BCUT2D eigenvalue weighted by Crippen LogP contribution is -2.52. The summed E-state index contributed by atoms with van der Waals surface area (Å²) in [6.07, 6.45) is 5.06. The van der Waals surface area contributed by atoms with Crippen LogP contribution in [0.2, 0.25) is 0 Å². The minimum Gasteiger partial charge on any atom is -0.355 e. The van der Waals surface area contributed by atoms with E-state index in [0.717, 1.165) is 26.7 Å². The smallest absolute Gasteiger partial charge is 0.231 e. The number of rotatable bonds is 4. The predicted octanol–water partition coefficient (Wildman–Crippen LogP) is 2.66. The van der Waals surface area contributed by atoms with Crippen LogP contribution < -0.4 is 10.2 Å². The highest BCUT2D eigenvalue weighted by Crippen LogP contribution is 2.27. The first-order chi connectivity index (χ1) is 13.7. The van der Waals surface area contributed by atoms with Crippen molar-refractivity contribution >= 4 is 39.0 Å². The summed E-state index contributed by atoms with van der Waals surface area (Å²) in [5, 5.41) is 8.21. The SMILES string of the molecule is Cc1nc2cc(NC(=O)C3CN(c4cc(-n5cccn5)ncn4)C3)ccc2s1. The van der Waals surface area contributed by atoms with E-state index in [9.17, 15) is 4.79 Å². The van der Waals surface area contributed by atoms with Crippen molar-refractivity contribution in [2.75, 3.05) is 23.3 Å². The molecule has 9 heteroatoms. The van der Waals surface area contributed by atoms with E-state index in [0.29, 0.717) is 18.9 Å². The van der Waals surface area contributed by atoms with Crippen LogP contribution in [0.3, 0.4) is 0 Å². The predicted molar refractivity (Wildman–Crippen MR) is 108 cm³/mol. The Morgan fingerprint density at radius 1 is 1.21 bits per heavy atom. The van der Waals surface area contributed by atoms with E-state index in [1.54, 1.807) is 22.2 Å². The lowest BCUT2D eigenvalue weighted by atomic mass is 9.99. The number of nitrogens with zero attached hydrogens (tertiary/aromatic N) is 6. The Kier molecular flexibility index (Phi) is 4.01. The fourth-order valence-corrected chi connectivity index (χ4v) is 4.04. The molecule has 3 aromatic heterocycles. The number of aryl methyl sites for hydroxylation is 1. The monoisotopic (exact) mass is 391 g/mol. The van der Waals surface area contributed by atoms with Crippen LogP contribution >= 0.6 is 11.3 Å². The van der Waals surface area contributed by atoms with Gasteiger partial charge in [0.05, 0.1) is 21.1 Å². The van der Waals surface area contributed by atoms with Gasteiger partial charge < -0.3 is 10.2 Å². The number of amides is 1. The number of aromatic nitrogens is 5. The molecule has 0 spiro atoms. The Balaban J connectivity index is 1.24. The van der Waals surface area contributed by atoms with Gasteiger partial charge in [-0.3, -0.25) is 4.79 Å². The molecule has 1 aromatic carbocycles. The topological polar surface area (TPSA) is 88.8 Å². The van der Waals surface area contributed by atoms with Crippen LogP contribution in [0.1, 0.15) is 5.01 Å². The summed E-state index contributed by atoms with van der Waals surface area (Å²) in [4.78, 5) is 27.7.